The van der Waals surface area contributed by atoms with Crippen molar-refractivity contribution in [1.82, 2.24) is 15.1 Å². The third kappa shape index (κ3) is 3.72. The van der Waals surface area contributed by atoms with Gasteiger partial charge in [-0.15, -0.1) is 0 Å². The second-order valence-electron chi connectivity index (χ2n) is 5.02. The van der Waals surface area contributed by atoms with Gasteiger partial charge >= 0.3 is 5.97 Å². The van der Waals surface area contributed by atoms with E-state index in [-0.39, 0.29) is 18.4 Å². The van der Waals surface area contributed by atoms with E-state index in [1.165, 1.54) is 0 Å². The Morgan fingerprint density at radius 2 is 2.24 bits per heavy atom. The van der Waals surface area contributed by atoms with E-state index in [1.54, 1.807) is 29.7 Å². The summed E-state index contributed by atoms with van der Waals surface area (Å²) in [6, 6.07) is 1.49. The maximum Gasteiger partial charge on any atom is 0.305 e. The lowest BCUT2D eigenvalue weighted by Crippen LogP contribution is -2.47. The van der Waals surface area contributed by atoms with Crippen molar-refractivity contribution >= 4 is 23.6 Å². The van der Waals surface area contributed by atoms with Crippen LogP contribution in [0.1, 0.15) is 35.1 Å². The molecule has 0 aliphatic carbocycles. The highest BCUT2D eigenvalue weighted by molar-refractivity contribution is 7.99. The van der Waals surface area contributed by atoms with Gasteiger partial charge in [-0.05, 0) is 19.4 Å². The van der Waals surface area contributed by atoms with Crippen LogP contribution in [-0.4, -0.2) is 56.2 Å². The fourth-order valence-corrected chi connectivity index (χ4v) is 3.47. The van der Waals surface area contributed by atoms with E-state index in [9.17, 15) is 9.59 Å². The molecule has 7 heteroatoms. The summed E-state index contributed by atoms with van der Waals surface area (Å²) >= 11 is 1.69. The van der Waals surface area contributed by atoms with Crippen LogP contribution in [0.2, 0.25) is 0 Å². The van der Waals surface area contributed by atoms with Crippen molar-refractivity contribution in [3.05, 3.63) is 23.0 Å². The van der Waals surface area contributed by atoms with Gasteiger partial charge in [-0.3, -0.25) is 9.59 Å². The highest BCUT2D eigenvalue weighted by Gasteiger charge is 2.30. The number of aliphatic carboxylic acids is 1. The minimum absolute atomic E-state index is 0.0162. The van der Waals surface area contributed by atoms with Crippen molar-refractivity contribution in [2.45, 2.75) is 32.7 Å². The molecule has 1 aromatic heterocycles. The Kier molecular flexibility index (Phi) is 5.17. The maximum atomic E-state index is 12.8. The maximum absolute atomic E-state index is 12.8. The molecular formula is C14H19N3O3S. The molecule has 1 aliphatic heterocycles. The Hall–Kier alpha value is -1.63. The summed E-state index contributed by atoms with van der Waals surface area (Å²) in [6.45, 7) is 4.30. The van der Waals surface area contributed by atoms with Gasteiger partial charge in [0, 0.05) is 18.1 Å². The summed E-state index contributed by atoms with van der Waals surface area (Å²) in [6.07, 6.45) is 0.609. The summed E-state index contributed by atoms with van der Waals surface area (Å²) in [5.74, 6) is 0.495. The van der Waals surface area contributed by atoms with Gasteiger partial charge in [0.15, 0.2) is 0 Å². The van der Waals surface area contributed by atoms with Crippen LogP contribution in [0.25, 0.3) is 0 Å². The van der Waals surface area contributed by atoms with Gasteiger partial charge in [0.25, 0.3) is 5.91 Å². The molecule has 2 rings (SSSR count). The van der Waals surface area contributed by atoms with Gasteiger partial charge in [0.05, 0.1) is 29.4 Å². The fourth-order valence-electron chi connectivity index (χ4n) is 2.41. The molecular weight excluding hydrogens is 290 g/mol. The predicted octanol–water partition coefficient (Wildman–Crippen LogP) is 1.38. The van der Waals surface area contributed by atoms with Crippen LogP contribution in [0.3, 0.4) is 0 Å². The molecule has 1 amide bonds. The molecule has 1 aliphatic rings. The van der Waals surface area contributed by atoms with Gasteiger partial charge in [-0.2, -0.15) is 22.0 Å². The molecule has 0 spiro atoms. The minimum Gasteiger partial charge on any atom is -0.481 e. The molecule has 0 aromatic carbocycles. The van der Waals surface area contributed by atoms with Crippen molar-refractivity contribution in [2.75, 3.05) is 18.1 Å². The van der Waals surface area contributed by atoms with Crippen molar-refractivity contribution in [3.8, 4) is 0 Å². The second kappa shape index (κ2) is 6.89. The number of carboxylic acid groups (broad SMARTS) is 1. The number of aromatic nitrogens is 2. The first-order valence-electron chi connectivity index (χ1n) is 6.96. The molecule has 1 unspecified atom stereocenters. The van der Waals surface area contributed by atoms with E-state index < -0.39 is 5.97 Å². The van der Waals surface area contributed by atoms with Crippen LogP contribution < -0.4 is 0 Å². The fraction of sp³-hybridized carbons (Fsp3) is 0.571. The number of carbonyl (C=O) groups excluding carboxylic acids is 1. The minimum atomic E-state index is -0.875. The number of hydrogen-bond acceptors (Lipinski definition) is 5. The van der Waals surface area contributed by atoms with Crippen LogP contribution in [0, 0.1) is 6.92 Å². The number of rotatable bonds is 4. The first kappa shape index (κ1) is 15.8. The highest BCUT2D eigenvalue weighted by atomic mass is 32.2. The van der Waals surface area contributed by atoms with Gasteiger partial charge < -0.3 is 10.0 Å². The standard InChI is InChI=1S/C14H19N3O3S/c1-3-12-11(6-9(2)15-16-12)14(20)17-4-5-21-8-10(17)7-13(18)19/h6,10H,3-5,7-8H2,1-2H3,(H,18,19). The number of carbonyl (C=O) groups is 2. The van der Waals surface area contributed by atoms with Crippen LogP contribution >= 0.6 is 11.8 Å². The van der Waals surface area contributed by atoms with Gasteiger partial charge in [-0.1, -0.05) is 6.92 Å². The zero-order valence-corrected chi connectivity index (χ0v) is 13.0. The summed E-state index contributed by atoms with van der Waals surface area (Å²) in [7, 11) is 0. The summed E-state index contributed by atoms with van der Waals surface area (Å²) in [5, 5.41) is 17.1. The Bertz CT molecular complexity index is 550. The van der Waals surface area contributed by atoms with Crippen molar-refractivity contribution in [2.24, 2.45) is 0 Å². The lowest BCUT2D eigenvalue weighted by Gasteiger charge is -2.35. The molecule has 0 radical (unpaired) electrons. The molecule has 1 fully saturated rings. The van der Waals surface area contributed by atoms with Crippen molar-refractivity contribution < 1.29 is 14.7 Å². The largest absolute Gasteiger partial charge is 0.481 e. The summed E-state index contributed by atoms with van der Waals surface area (Å²) in [4.78, 5) is 25.4. The van der Waals surface area contributed by atoms with E-state index in [0.717, 1.165) is 5.75 Å². The van der Waals surface area contributed by atoms with Gasteiger partial charge in [-0.25, -0.2) is 0 Å². The molecule has 0 bridgehead atoms. The Labute approximate surface area is 127 Å². The molecule has 1 atom stereocenters. The number of aryl methyl sites for hydroxylation is 2. The van der Waals surface area contributed by atoms with E-state index in [4.69, 9.17) is 5.11 Å². The topological polar surface area (TPSA) is 83.4 Å². The number of thioether (sulfide) groups is 1. The molecule has 0 saturated carbocycles. The Morgan fingerprint density at radius 1 is 1.48 bits per heavy atom. The molecule has 1 saturated heterocycles. The van der Waals surface area contributed by atoms with E-state index in [2.05, 4.69) is 10.2 Å². The van der Waals surface area contributed by atoms with Crippen LogP contribution in [0.15, 0.2) is 6.07 Å². The molecule has 2 heterocycles. The molecule has 1 N–H and O–H groups in total. The van der Waals surface area contributed by atoms with Crippen LogP contribution in [0.5, 0.6) is 0 Å². The van der Waals surface area contributed by atoms with E-state index in [0.29, 0.717) is 35.7 Å². The average molecular weight is 309 g/mol. The zero-order valence-electron chi connectivity index (χ0n) is 12.2. The van der Waals surface area contributed by atoms with Crippen LogP contribution in [-0.2, 0) is 11.2 Å². The molecule has 21 heavy (non-hydrogen) atoms. The number of carboxylic acids is 1. The lowest BCUT2D eigenvalue weighted by atomic mass is 10.1. The lowest BCUT2D eigenvalue weighted by molar-refractivity contribution is -0.138. The zero-order chi connectivity index (χ0) is 15.4. The molecule has 1 aromatic rings. The first-order chi connectivity index (χ1) is 10.0. The average Bonchev–Trinajstić information content (AvgIpc) is 2.46. The van der Waals surface area contributed by atoms with Gasteiger partial charge in [0.2, 0.25) is 0 Å². The van der Waals surface area contributed by atoms with E-state index >= 15 is 0 Å². The Balaban J connectivity index is 2.28. The third-order valence-electron chi connectivity index (χ3n) is 3.46. The van der Waals surface area contributed by atoms with Crippen molar-refractivity contribution in [3.63, 3.8) is 0 Å². The van der Waals surface area contributed by atoms with Crippen molar-refractivity contribution in [1.29, 1.82) is 0 Å². The number of amides is 1. The molecule has 6 nitrogen and oxygen atoms in total. The quantitative estimate of drug-likeness (QED) is 0.904. The summed E-state index contributed by atoms with van der Waals surface area (Å²) < 4.78 is 0. The number of hydrogen-bond donors (Lipinski definition) is 1. The summed E-state index contributed by atoms with van der Waals surface area (Å²) in [5.41, 5.74) is 1.90. The monoisotopic (exact) mass is 309 g/mol. The third-order valence-corrected chi connectivity index (χ3v) is 4.55. The molecule has 114 valence electrons. The van der Waals surface area contributed by atoms with Gasteiger partial charge in [0.1, 0.15) is 0 Å². The predicted molar refractivity (Wildman–Crippen MR) is 80.5 cm³/mol. The first-order valence-corrected chi connectivity index (χ1v) is 8.12. The Morgan fingerprint density at radius 3 is 2.90 bits per heavy atom. The smallest absolute Gasteiger partial charge is 0.305 e. The normalized spacial score (nSPS) is 18.6. The van der Waals surface area contributed by atoms with E-state index in [1.807, 2.05) is 6.92 Å². The second-order valence-corrected chi connectivity index (χ2v) is 6.17. The number of nitrogens with zero attached hydrogens (tertiary/aromatic N) is 3. The van der Waals surface area contributed by atoms with Crippen LogP contribution in [0.4, 0.5) is 0 Å². The highest BCUT2D eigenvalue weighted by Crippen LogP contribution is 2.22. The SMILES string of the molecule is CCc1nnc(C)cc1C(=O)N1CCSCC1CC(=O)O.